The van der Waals surface area contributed by atoms with E-state index in [9.17, 15) is 4.79 Å². The van der Waals surface area contributed by atoms with E-state index in [4.69, 9.17) is 21.3 Å². The Hall–Kier alpha value is -3.70. The Morgan fingerprint density at radius 1 is 0.969 bits per heavy atom. The molecule has 0 saturated heterocycles. The van der Waals surface area contributed by atoms with Crippen molar-refractivity contribution in [3.05, 3.63) is 99.9 Å². The molecule has 0 spiro atoms. The molecular weight excluding hydrogens is 422 g/mol. The number of pyridine rings is 1. The Balaban J connectivity index is 1.64. The van der Waals surface area contributed by atoms with Crippen molar-refractivity contribution >= 4 is 33.4 Å². The number of halogens is 1. The molecule has 0 atom stereocenters. The average Bonchev–Trinajstić information content (AvgIpc) is 2.83. The first-order chi connectivity index (χ1) is 15.6. The summed E-state index contributed by atoms with van der Waals surface area (Å²) in [5, 5.41) is 2.01. The lowest BCUT2D eigenvalue weighted by Crippen LogP contribution is -2.24. The molecule has 32 heavy (non-hydrogen) atoms. The highest BCUT2D eigenvalue weighted by molar-refractivity contribution is 6.31. The molecule has 0 unspecified atom stereocenters. The lowest BCUT2D eigenvalue weighted by Gasteiger charge is -2.14. The third-order valence-corrected chi connectivity index (χ3v) is 5.78. The van der Waals surface area contributed by atoms with Gasteiger partial charge in [0.15, 0.2) is 0 Å². The molecule has 6 heteroatoms. The second kappa shape index (κ2) is 8.44. The maximum Gasteiger partial charge on any atom is 0.261 e. The van der Waals surface area contributed by atoms with E-state index in [1.165, 1.54) is 0 Å². The molecule has 2 heterocycles. The number of nitrogens with zero attached hydrogens (tertiary/aromatic N) is 3. The summed E-state index contributed by atoms with van der Waals surface area (Å²) < 4.78 is 6.95. The van der Waals surface area contributed by atoms with Crippen LogP contribution in [0.15, 0.2) is 83.8 Å². The number of hydrogen-bond donors (Lipinski definition) is 0. The van der Waals surface area contributed by atoms with Crippen LogP contribution in [-0.4, -0.2) is 21.6 Å². The number of aryl methyl sites for hydroxylation is 1. The Bertz CT molecular complexity index is 1490. The Morgan fingerprint density at radius 3 is 2.59 bits per heavy atom. The average molecular weight is 442 g/mol. The Kier molecular flexibility index (Phi) is 5.33. The molecule has 5 nitrogen and oxygen atoms in total. The minimum absolute atomic E-state index is 0.117. The van der Waals surface area contributed by atoms with Crippen LogP contribution in [0.1, 0.15) is 5.56 Å². The van der Waals surface area contributed by atoms with Gasteiger partial charge in [-0.2, -0.15) is 0 Å². The fraction of sp³-hybridized carbons (Fsp3) is 0.115. The van der Waals surface area contributed by atoms with E-state index in [2.05, 4.69) is 4.98 Å². The summed E-state index contributed by atoms with van der Waals surface area (Å²) in [5.74, 6) is 1.40. The molecule has 0 N–H and O–H groups in total. The van der Waals surface area contributed by atoms with E-state index >= 15 is 0 Å². The van der Waals surface area contributed by atoms with Crippen LogP contribution in [0.2, 0.25) is 5.02 Å². The van der Waals surface area contributed by atoms with Crippen LogP contribution in [-0.2, 0) is 13.0 Å². The Labute approximate surface area is 189 Å². The van der Waals surface area contributed by atoms with Crippen molar-refractivity contribution in [2.24, 2.45) is 0 Å². The van der Waals surface area contributed by atoms with Gasteiger partial charge < -0.3 is 4.74 Å². The fourth-order valence-electron chi connectivity index (χ4n) is 3.85. The minimum atomic E-state index is -0.117. The topological polar surface area (TPSA) is 57.0 Å². The van der Waals surface area contributed by atoms with Crippen molar-refractivity contribution in [2.45, 2.75) is 13.0 Å². The summed E-state index contributed by atoms with van der Waals surface area (Å²) in [6.07, 6.45) is 2.45. The number of ether oxygens (including phenoxy) is 1. The van der Waals surface area contributed by atoms with Gasteiger partial charge >= 0.3 is 0 Å². The number of para-hydroxylation sites is 1. The van der Waals surface area contributed by atoms with Gasteiger partial charge in [0.25, 0.3) is 5.56 Å². The number of benzene rings is 3. The minimum Gasteiger partial charge on any atom is -0.497 e. The van der Waals surface area contributed by atoms with E-state index in [0.717, 1.165) is 27.8 Å². The van der Waals surface area contributed by atoms with Gasteiger partial charge in [-0.25, -0.2) is 4.98 Å². The van der Waals surface area contributed by atoms with Crippen LogP contribution in [0, 0.1) is 0 Å². The summed E-state index contributed by atoms with van der Waals surface area (Å²) in [4.78, 5) is 22.9. The highest BCUT2D eigenvalue weighted by atomic mass is 35.5. The van der Waals surface area contributed by atoms with E-state index in [1.807, 2.05) is 54.6 Å². The van der Waals surface area contributed by atoms with Gasteiger partial charge in [-0.1, -0.05) is 41.9 Å². The zero-order valence-corrected chi connectivity index (χ0v) is 18.2. The smallest absolute Gasteiger partial charge is 0.261 e. The van der Waals surface area contributed by atoms with Gasteiger partial charge in [0.05, 0.1) is 23.5 Å². The molecule has 0 radical (unpaired) electrons. The first kappa shape index (κ1) is 20.2. The molecule has 0 aliphatic carbocycles. The van der Waals surface area contributed by atoms with E-state index < -0.39 is 0 Å². The fourth-order valence-corrected chi connectivity index (χ4v) is 4.02. The monoisotopic (exact) mass is 441 g/mol. The summed E-state index contributed by atoms with van der Waals surface area (Å²) in [5.41, 5.74) is 3.30. The molecule has 2 aromatic heterocycles. The van der Waals surface area contributed by atoms with E-state index in [-0.39, 0.29) is 5.56 Å². The van der Waals surface area contributed by atoms with Crippen molar-refractivity contribution in [3.8, 4) is 17.1 Å². The predicted molar refractivity (Wildman–Crippen MR) is 128 cm³/mol. The van der Waals surface area contributed by atoms with Gasteiger partial charge in [-0.3, -0.25) is 14.3 Å². The number of hydrogen-bond acceptors (Lipinski definition) is 4. The van der Waals surface area contributed by atoms with Gasteiger partial charge in [0.2, 0.25) is 0 Å². The molecule has 0 fully saturated rings. The summed E-state index contributed by atoms with van der Waals surface area (Å²) in [6, 6.07) is 23.0. The van der Waals surface area contributed by atoms with Gasteiger partial charge in [0.1, 0.15) is 11.6 Å². The maximum absolute atomic E-state index is 13.5. The van der Waals surface area contributed by atoms with Gasteiger partial charge in [-0.15, -0.1) is 0 Å². The largest absolute Gasteiger partial charge is 0.497 e. The standard InChI is InChI=1S/C26H20ClN3O2/c1-32-21-9-6-17(7-10-21)12-13-30-25(19-14-18-4-2-3-5-23(18)28-16-19)29-24-11-8-20(27)15-22(24)26(30)31/h2-11,14-16H,12-13H2,1H3. The summed E-state index contributed by atoms with van der Waals surface area (Å²) >= 11 is 6.17. The quantitative estimate of drug-likeness (QED) is 0.360. The zero-order valence-electron chi connectivity index (χ0n) is 17.5. The van der Waals surface area contributed by atoms with Crippen molar-refractivity contribution in [2.75, 3.05) is 7.11 Å². The molecule has 0 aliphatic rings. The first-order valence-electron chi connectivity index (χ1n) is 10.3. The van der Waals surface area contributed by atoms with E-state index in [0.29, 0.717) is 34.7 Å². The lowest BCUT2D eigenvalue weighted by atomic mass is 10.1. The summed E-state index contributed by atoms with van der Waals surface area (Å²) in [6.45, 7) is 0.475. The SMILES string of the molecule is COc1ccc(CCn2c(-c3cnc4ccccc4c3)nc3ccc(Cl)cc3c2=O)cc1. The molecule has 0 bridgehead atoms. The third kappa shape index (κ3) is 3.83. The molecule has 3 aromatic carbocycles. The molecule has 5 rings (SSSR count). The molecule has 5 aromatic rings. The van der Waals surface area contributed by atoms with Crippen LogP contribution < -0.4 is 10.3 Å². The van der Waals surface area contributed by atoms with Crippen molar-refractivity contribution in [1.82, 2.24) is 14.5 Å². The van der Waals surface area contributed by atoms with Crippen LogP contribution in [0.3, 0.4) is 0 Å². The summed E-state index contributed by atoms with van der Waals surface area (Å²) in [7, 11) is 1.64. The first-order valence-corrected chi connectivity index (χ1v) is 10.7. The Morgan fingerprint density at radius 2 is 1.78 bits per heavy atom. The molecule has 0 saturated carbocycles. The van der Waals surface area contributed by atoms with E-state index in [1.54, 1.807) is 36.1 Å². The van der Waals surface area contributed by atoms with Crippen LogP contribution in [0.4, 0.5) is 0 Å². The third-order valence-electron chi connectivity index (χ3n) is 5.55. The number of fused-ring (bicyclic) bond motifs is 2. The predicted octanol–water partition coefficient (Wildman–Crippen LogP) is 5.52. The van der Waals surface area contributed by atoms with Crippen LogP contribution in [0.5, 0.6) is 5.75 Å². The van der Waals surface area contributed by atoms with Crippen LogP contribution >= 0.6 is 11.6 Å². The van der Waals surface area contributed by atoms with Crippen molar-refractivity contribution in [1.29, 1.82) is 0 Å². The lowest BCUT2D eigenvalue weighted by molar-refractivity contribution is 0.414. The van der Waals surface area contributed by atoms with Gasteiger partial charge in [0, 0.05) is 28.7 Å². The molecule has 0 amide bonds. The molecule has 158 valence electrons. The second-order valence-corrected chi connectivity index (χ2v) is 8.00. The second-order valence-electron chi connectivity index (χ2n) is 7.57. The molecule has 0 aliphatic heterocycles. The van der Waals surface area contributed by atoms with Gasteiger partial charge in [-0.05, 0) is 54.4 Å². The highest BCUT2D eigenvalue weighted by Crippen LogP contribution is 2.24. The van der Waals surface area contributed by atoms with Crippen LogP contribution in [0.25, 0.3) is 33.2 Å². The van der Waals surface area contributed by atoms with Crippen molar-refractivity contribution in [3.63, 3.8) is 0 Å². The zero-order chi connectivity index (χ0) is 22.1. The number of aromatic nitrogens is 3. The van der Waals surface area contributed by atoms with Crippen molar-refractivity contribution < 1.29 is 4.74 Å². The molecular formula is C26H20ClN3O2. The highest BCUT2D eigenvalue weighted by Gasteiger charge is 2.14. The number of methoxy groups -OCH3 is 1. The maximum atomic E-state index is 13.5. The number of rotatable bonds is 5. The normalized spacial score (nSPS) is 11.2.